The second-order valence-electron chi connectivity index (χ2n) is 7.91. The van der Waals surface area contributed by atoms with Crippen LogP contribution in [0.1, 0.15) is 38.5 Å². The minimum atomic E-state index is -1.21. The van der Waals surface area contributed by atoms with Gasteiger partial charge in [-0.25, -0.2) is 0 Å². The molecule has 42 heavy (non-hydrogen) atoms. The highest BCUT2D eigenvalue weighted by molar-refractivity contribution is 5.65. The molecule has 230 valence electrons. The van der Waals surface area contributed by atoms with Crippen LogP contribution < -0.4 is 11.5 Å². The Morgan fingerprint density at radius 1 is 0.452 bits per heavy atom. The van der Waals surface area contributed by atoms with Crippen molar-refractivity contribution in [1.29, 1.82) is 0 Å². The topological polar surface area (TPSA) is 351 Å². The van der Waals surface area contributed by atoms with Gasteiger partial charge in [0.15, 0.2) is 0 Å². The van der Waals surface area contributed by atoms with E-state index in [0.29, 0.717) is 24.3 Å². The molecule has 0 bridgehead atoms. The molecule has 22 nitrogen and oxygen atoms in total. The van der Waals surface area contributed by atoms with Crippen molar-refractivity contribution in [2.24, 2.45) is 11.5 Å². The Morgan fingerprint density at radius 2 is 0.667 bits per heavy atom. The fourth-order valence-electron chi connectivity index (χ4n) is 2.94. The van der Waals surface area contributed by atoms with Crippen molar-refractivity contribution >= 4 is 34.1 Å². The fraction of sp³-hybridized carbons (Fsp3) is 0.400. The van der Waals surface area contributed by atoms with Gasteiger partial charge in [0.1, 0.15) is 0 Å². The van der Waals surface area contributed by atoms with Crippen molar-refractivity contribution < 1.29 is 39.8 Å². The number of hydrogen-bond donors (Lipinski definition) is 4. The highest BCUT2D eigenvalue weighted by atomic mass is 16.7. The molecule has 0 aliphatic carbocycles. The van der Waals surface area contributed by atoms with Crippen LogP contribution in [0, 0.1) is 60.7 Å². The summed E-state index contributed by atoms with van der Waals surface area (Å²) in [7, 11) is 0. The Morgan fingerprint density at radius 3 is 0.833 bits per heavy atom. The number of hydrogen-bond acceptors (Lipinski definition) is 16. The van der Waals surface area contributed by atoms with Gasteiger partial charge in [-0.2, -0.15) is 0 Å². The third-order valence-electron chi connectivity index (χ3n) is 4.98. The minimum absolute atomic E-state index is 0.447. The molecule has 0 saturated carbocycles. The van der Waals surface area contributed by atoms with Crippen LogP contribution in [0.15, 0.2) is 24.3 Å². The van der Waals surface area contributed by atoms with E-state index in [0.717, 1.165) is 13.1 Å². The number of benzene rings is 2. The highest BCUT2D eigenvalue weighted by Crippen LogP contribution is 2.40. The lowest BCUT2D eigenvalue weighted by Gasteiger charge is -1.97. The molecule has 0 aliphatic rings. The summed E-state index contributed by atoms with van der Waals surface area (Å²) in [5.74, 6) is -2.42. The van der Waals surface area contributed by atoms with Crippen molar-refractivity contribution in [3.05, 3.63) is 85.0 Å². The SMILES string of the molecule is NCCCCCCCCN.O=[N+]([O-])c1cc([N+](=O)[O-])c(O)c([N+](=O)[O-])c1.O=[N+]([O-])c1cc([N+](=O)[O-])c(O)c([N+](=O)[O-])c1. The second kappa shape index (κ2) is 17.9. The Kier molecular flexibility index (Phi) is 15.5. The number of nitrogens with two attached hydrogens (primary N) is 2. The maximum atomic E-state index is 10.4. The molecule has 0 atom stereocenters. The van der Waals surface area contributed by atoms with Gasteiger partial charge in [-0.15, -0.1) is 0 Å². The smallest absolute Gasteiger partial charge is 0.324 e. The van der Waals surface area contributed by atoms with Crippen molar-refractivity contribution in [2.75, 3.05) is 13.1 Å². The molecule has 2 aromatic carbocycles. The number of rotatable bonds is 13. The fourth-order valence-corrected chi connectivity index (χ4v) is 2.94. The van der Waals surface area contributed by atoms with Crippen molar-refractivity contribution in [1.82, 2.24) is 0 Å². The first kappa shape index (κ1) is 36.4. The van der Waals surface area contributed by atoms with Gasteiger partial charge in [-0.05, 0) is 25.9 Å². The quantitative estimate of drug-likeness (QED) is 0.145. The molecule has 0 saturated heterocycles. The third-order valence-corrected chi connectivity index (χ3v) is 4.98. The van der Waals surface area contributed by atoms with Crippen molar-refractivity contribution in [3.8, 4) is 11.5 Å². The summed E-state index contributed by atoms with van der Waals surface area (Å²) in [5.41, 5.74) is 4.70. The van der Waals surface area contributed by atoms with Crippen molar-refractivity contribution in [2.45, 2.75) is 38.5 Å². The first-order chi connectivity index (χ1) is 19.6. The van der Waals surface area contributed by atoms with Gasteiger partial charge in [-0.3, -0.25) is 60.7 Å². The average molecular weight is 602 g/mol. The summed E-state index contributed by atoms with van der Waals surface area (Å²) in [4.78, 5) is 55.5. The minimum Gasteiger partial charge on any atom is -0.497 e. The van der Waals surface area contributed by atoms with E-state index in [1.165, 1.54) is 38.5 Å². The number of phenolic OH excluding ortho intramolecular Hbond substituents is 2. The number of nitrogens with zero attached hydrogens (tertiary/aromatic N) is 6. The number of nitro groups is 6. The molecule has 0 fully saturated rings. The summed E-state index contributed by atoms with van der Waals surface area (Å²) in [6.45, 7) is 1.69. The predicted octanol–water partition coefficient (Wildman–Crippen LogP) is 3.48. The monoisotopic (exact) mass is 602 g/mol. The standard InChI is InChI=1S/C8H20N2.2C6H3N3O7/c9-7-5-3-1-2-4-6-8-10;2*10-6-4(8(13)14)1-3(7(11)12)2-5(6)9(15)16/h1-10H2;2*1-2,10H. The van der Waals surface area contributed by atoms with Crippen LogP contribution in [0.2, 0.25) is 0 Å². The second-order valence-corrected chi connectivity index (χ2v) is 7.91. The number of aromatic hydroxyl groups is 2. The van der Waals surface area contributed by atoms with Gasteiger partial charge < -0.3 is 21.7 Å². The van der Waals surface area contributed by atoms with E-state index in [1.54, 1.807) is 0 Å². The highest BCUT2D eigenvalue weighted by Gasteiger charge is 2.31. The maximum absolute atomic E-state index is 10.4. The molecule has 22 heteroatoms. The average Bonchev–Trinajstić information content (AvgIpc) is 2.90. The molecule has 0 aromatic heterocycles. The maximum Gasteiger partial charge on any atom is 0.324 e. The Labute approximate surface area is 234 Å². The normalized spacial score (nSPS) is 9.86. The molecular weight excluding hydrogens is 576 g/mol. The molecule has 0 radical (unpaired) electrons. The molecule has 0 spiro atoms. The van der Waals surface area contributed by atoms with Crippen molar-refractivity contribution in [3.63, 3.8) is 0 Å². The van der Waals surface area contributed by atoms with E-state index in [2.05, 4.69) is 0 Å². The van der Waals surface area contributed by atoms with Crippen LogP contribution in [0.25, 0.3) is 0 Å². The largest absolute Gasteiger partial charge is 0.497 e. The van der Waals surface area contributed by atoms with E-state index in [-0.39, 0.29) is 0 Å². The Balaban J connectivity index is 0.000000620. The zero-order valence-corrected chi connectivity index (χ0v) is 21.6. The molecule has 6 N–H and O–H groups in total. The van der Waals surface area contributed by atoms with E-state index in [4.69, 9.17) is 21.7 Å². The summed E-state index contributed by atoms with van der Waals surface area (Å²) < 4.78 is 0. The lowest BCUT2D eigenvalue weighted by molar-refractivity contribution is -0.404. The third kappa shape index (κ3) is 11.6. The Bertz CT molecular complexity index is 1150. The van der Waals surface area contributed by atoms with Gasteiger partial charge >= 0.3 is 22.7 Å². The first-order valence-electron chi connectivity index (χ1n) is 11.6. The van der Waals surface area contributed by atoms with E-state index in [9.17, 15) is 60.7 Å². The van der Waals surface area contributed by atoms with Crippen LogP contribution in [0.4, 0.5) is 34.1 Å². The van der Waals surface area contributed by atoms with Gasteiger partial charge in [0.25, 0.3) is 22.9 Å². The first-order valence-corrected chi connectivity index (χ1v) is 11.6. The molecule has 2 aromatic rings. The molecule has 0 unspecified atom stereocenters. The number of unbranched alkanes of at least 4 members (excludes halogenated alkanes) is 5. The van der Waals surface area contributed by atoms with Crippen LogP contribution in [-0.4, -0.2) is 52.8 Å². The van der Waals surface area contributed by atoms with Gasteiger partial charge in [0, 0.05) is 0 Å². The van der Waals surface area contributed by atoms with Gasteiger partial charge in [-0.1, -0.05) is 25.7 Å². The summed E-state index contributed by atoms with van der Waals surface area (Å²) in [6, 6.07) is 1.79. The van der Waals surface area contributed by atoms with Crippen LogP contribution in [0.5, 0.6) is 11.5 Å². The molecule has 2 rings (SSSR count). The zero-order chi connectivity index (χ0) is 32.6. The molecule has 0 heterocycles. The summed E-state index contributed by atoms with van der Waals surface area (Å²) >= 11 is 0. The van der Waals surface area contributed by atoms with Gasteiger partial charge in [0.2, 0.25) is 0 Å². The molecular formula is C20H26N8O14. The number of phenols is 2. The molecule has 0 amide bonds. The Hall–Kier alpha value is -5.64. The van der Waals surface area contributed by atoms with E-state index < -0.39 is 75.2 Å². The summed E-state index contributed by atoms with van der Waals surface area (Å²) in [6.07, 6.45) is 7.61. The number of nitro benzene ring substituents is 6. The van der Waals surface area contributed by atoms with E-state index in [1.807, 2.05) is 0 Å². The summed E-state index contributed by atoms with van der Waals surface area (Å²) in [5, 5.41) is 80.4. The number of non-ortho nitro benzene ring substituents is 2. The van der Waals surface area contributed by atoms with Crippen LogP contribution in [0.3, 0.4) is 0 Å². The molecule has 0 aliphatic heterocycles. The van der Waals surface area contributed by atoms with Crippen LogP contribution in [-0.2, 0) is 0 Å². The lowest BCUT2D eigenvalue weighted by atomic mass is 10.1. The lowest BCUT2D eigenvalue weighted by Crippen LogP contribution is -1.99. The van der Waals surface area contributed by atoms with E-state index >= 15 is 0 Å². The zero-order valence-electron chi connectivity index (χ0n) is 21.6. The van der Waals surface area contributed by atoms with Crippen LogP contribution >= 0.6 is 0 Å². The predicted molar refractivity (Wildman–Crippen MR) is 142 cm³/mol. The van der Waals surface area contributed by atoms with Gasteiger partial charge in [0.05, 0.1) is 53.8 Å².